The number of rotatable bonds is 3. The Morgan fingerprint density at radius 1 is 1.14 bits per heavy atom. The molecule has 2 aromatic rings. The molecule has 2 N–H and O–H groups in total. The summed E-state index contributed by atoms with van der Waals surface area (Å²) in [5.74, 6) is -0.510. The molecule has 0 aliphatic rings. The molecule has 0 atom stereocenters. The molecule has 2 rings (SSSR count). The van der Waals surface area contributed by atoms with Crippen LogP contribution in [0.25, 0.3) is 0 Å². The second-order valence-electron chi connectivity index (χ2n) is 4.11. The lowest BCUT2D eigenvalue weighted by Crippen LogP contribution is -2.32. The Kier molecular flexibility index (Phi) is 4.73. The number of benzene rings is 1. The summed E-state index contributed by atoms with van der Waals surface area (Å²) in [5, 5.41) is 6.58. The van der Waals surface area contributed by atoms with E-state index in [1.807, 2.05) is 0 Å². The lowest BCUT2D eigenvalue weighted by atomic mass is 10.3. The van der Waals surface area contributed by atoms with Crippen molar-refractivity contribution in [2.75, 3.05) is 5.32 Å². The van der Waals surface area contributed by atoms with E-state index in [0.717, 1.165) is 5.76 Å². The van der Waals surface area contributed by atoms with E-state index in [1.165, 1.54) is 6.21 Å². The van der Waals surface area contributed by atoms with E-state index in [4.69, 9.17) is 16.0 Å². The van der Waals surface area contributed by atoms with Crippen LogP contribution in [0.15, 0.2) is 45.9 Å². The van der Waals surface area contributed by atoms with Crippen molar-refractivity contribution in [1.29, 1.82) is 0 Å². The largest absolute Gasteiger partial charge is 0.460 e. The van der Waals surface area contributed by atoms with Crippen LogP contribution in [0.1, 0.15) is 11.5 Å². The van der Waals surface area contributed by atoms with Crippen LogP contribution >= 0.6 is 11.6 Å². The van der Waals surface area contributed by atoms with Crippen LogP contribution in [-0.2, 0) is 9.59 Å². The van der Waals surface area contributed by atoms with Gasteiger partial charge in [0.25, 0.3) is 0 Å². The third-order valence-corrected chi connectivity index (χ3v) is 2.68. The first-order chi connectivity index (χ1) is 10.0. The number of aryl methyl sites for hydroxylation is 1. The van der Waals surface area contributed by atoms with Crippen molar-refractivity contribution in [2.24, 2.45) is 5.10 Å². The van der Waals surface area contributed by atoms with Gasteiger partial charge in [-0.25, -0.2) is 5.43 Å². The van der Waals surface area contributed by atoms with Crippen LogP contribution in [0.5, 0.6) is 0 Å². The van der Waals surface area contributed by atoms with Gasteiger partial charge in [-0.05, 0) is 43.3 Å². The number of carbonyl (C=O) groups is 2. The molecule has 21 heavy (non-hydrogen) atoms. The highest BCUT2D eigenvalue weighted by atomic mass is 35.5. The Morgan fingerprint density at radius 2 is 1.86 bits per heavy atom. The number of anilines is 1. The first-order valence-electron chi connectivity index (χ1n) is 6.01. The second kappa shape index (κ2) is 6.71. The van der Waals surface area contributed by atoms with Gasteiger partial charge < -0.3 is 9.73 Å². The Hall–Kier alpha value is -2.60. The predicted octanol–water partition coefficient (Wildman–Crippen LogP) is 2.33. The minimum absolute atomic E-state index is 0.463. The number of amides is 2. The molecule has 1 aromatic carbocycles. The van der Waals surface area contributed by atoms with Crippen LogP contribution in [0, 0.1) is 6.92 Å². The first-order valence-corrected chi connectivity index (χ1v) is 6.39. The molecule has 6 nitrogen and oxygen atoms in total. The summed E-state index contributed by atoms with van der Waals surface area (Å²) in [4.78, 5) is 23.1. The zero-order valence-corrected chi connectivity index (χ0v) is 11.8. The topological polar surface area (TPSA) is 83.7 Å². The molecular formula is C14H12ClN3O3. The molecule has 1 heterocycles. The maximum atomic E-state index is 11.6. The van der Waals surface area contributed by atoms with Crippen molar-refractivity contribution in [2.45, 2.75) is 6.92 Å². The summed E-state index contributed by atoms with van der Waals surface area (Å²) in [7, 11) is 0. The summed E-state index contributed by atoms with van der Waals surface area (Å²) in [6.45, 7) is 1.79. The molecule has 7 heteroatoms. The van der Waals surface area contributed by atoms with Crippen molar-refractivity contribution in [3.05, 3.63) is 52.9 Å². The van der Waals surface area contributed by atoms with Crippen molar-refractivity contribution in [3.8, 4) is 0 Å². The lowest BCUT2D eigenvalue weighted by Gasteiger charge is -2.03. The minimum Gasteiger partial charge on any atom is -0.460 e. The van der Waals surface area contributed by atoms with E-state index in [-0.39, 0.29) is 0 Å². The number of hydrogen-bond donors (Lipinski definition) is 2. The standard InChI is InChI=1S/C14H12ClN3O3/c1-9-2-7-12(21-9)8-16-18-14(20)13(19)17-11-5-3-10(15)4-6-11/h2-8H,1H3,(H,17,19)(H,18,20)/b16-8+. The van der Waals surface area contributed by atoms with Gasteiger partial charge in [0.15, 0.2) is 0 Å². The quantitative estimate of drug-likeness (QED) is 0.518. The summed E-state index contributed by atoms with van der Waals surface area (Å²) < 4.78 is 5.22. The summed E-state index contributed by atoms with van der Waals surface area (Å²) in [6.07, 6.45) is 1.31. The average molecular weight is 306 g/mol. The number of nitrogens with one attached hydrogen (secondary N) is 2. The van der Waals surface area contributed by atoms with Crippen LogP contribution in [-0.4, -0.2) is 18.0 Å². The molecular weight excluding hydrogens is 294 g/mol. The molecule has 0 unspecified atom stereocenters. The van der Waals surface area contributed by atoms with E-state index in [1.54, 1.807) is 43.3 Å². The summed E-state index contributed by atoms with van der Waals surface area (Å²) in [5.41, 5.74) is 2.57. The van der Waals surface area contributed by atoms with Crippen molar-refractivity contribution >= 4 is 35.3 Å². The van der Waals surface area contributed by atoms with E-state index >= 15 is 0 Å². The maximum Gasteiger partial charge on any atom is 0.329 e. The molecule has 0 fully saturated rings. The zero-order valence-electron chi connectivity index (χ0n) is 11.1. The van der Waals surface area contributed by atoms with Gasteiger partial charge in [-0.1, -0.05) is 11.6 Å². The number of hydrogen-bond acceptors (Lipinski definition) is 4. The monoisotopic (exact) mass is 305 g/mol. The van der Waals surface area contributed by atoms with Crippen molar-refractivity contribution < 1.29 is 14.0 Å². The van der Waals surface area contributed by atoms with Gasteiger partial charge in [0, 0.05) is 10.7 Å². The van der Waals surface area contributed by atoms with Crippen LogP contribution in [0.2, 0.25) is 5.02 Å². The van der Waals surface area contributed by atoms with Crippen LogP contribution < -0.4 is 10.7 Å². The molecule has 0 saturated carbocycles. The van der Waals surface area contributed by atoms with Crippen LogP contribution in [0.4, 0.5) is 5.69 Å². The molecule has 0 spiro atoms. The molecule has 0 bridgehead atoms. The summed E-state index contributed by atoms with van der Waals surface area (Å²) >= 11 is 5.72. The van der Waals surface area contributed by atoms with Gasteiger partial charge in [-0.3, -0.25) is 9.59 Å². The van der Waals surface area contributed by atoms with E-state index in [0.29, 0.717) is 16.5 Å². The molecule has 0 saturated heterocycles. The normalized spacial score (nSPS) is 10.6. The second-order valence-corrected chi connectivity index (χ2v) is 4.54. The number of halogens is 1. The van der Waals surface area contributed by atoms with Gasteiger partial charge >= 0.3 is 11.8 Å². The zero-order chi connectivity index (χ0) is 15.2. The number of hydrazone groups is 1. The molecule has 0 radical (unpaired) electrons. The van der Waals surface area contributed by atoms with Crippen LogP contribution in [0.3, 0.4) is 0 Å². The van der Waals surface area contributed by atoms with Gasteiger partial charge in [0.2, 0.25) is 0 Å². The Bertz CT molecular complexity index is 677. The van der Waals surface area contributed by atoms with Gasteiger partial charge in [0.05, 0.1) is 6.21 Å². The Balaban J connectivity index is 1.86. The highest BCUT2D eigenvalue weighted by Gasteiger charge is 2.12. The predicted molar refractivity (Wildman–Crippen MR) is 79.3 cm³/mol. The Morgan fingerprint density at radius 3 is 2.48 bits per heavy atom. The third kappa shape index (κ3) is 4.47. The minimum atomic E-state index is -0.885. The molecule has 2 amide bonds. The third-order valence-electron chi connectivity index (χ3n) is 2.43. The van der Waals surface area contributed by atoms with Gasteiger partial charge in [-0.15, -0.1) is 0 Å². The summed E-state index contributed by atoms with van der Waals surface area (Å²) in [6, 6.07) is 9.83. The lowest BCUT2D eigenvalue weighted by molar-refractivity contribution is -0.136. The fraction of sp³-hybridized carbons (Fsp3) is 0.0714. The maximum absolute atomic E-state index is 11.6. The Labute approximate surface area is 125 Å². The fourth-order valence-electron chi connectivity index (χ4n) is 1.45. The van der Waals surface area contributed by atoms with Gasteiger partial charge in [0.1, 0.15) is 11.5 Å². The first kappa shape index (κ1) is 14.8. The molecule has 0 aliphatic heterocycles. The molecule has 1 aromatic heterocycles. The number of nitrogens with zero attached hydrogens (tertiary/aromatic N) is 1. The van der Waals surface area contributed by atoms with E-state index in [9.17, 15) is 9.59 Å². The fourth-order valence-corrected chi connectivity index (χ4v) is 1.58. The van der Waals surface area contributed by atoms with E-state index in [2.05, 4.69) is 15.8 Å². The highest BCUT2D eigenvalue weighted by Crippen LogP contribution is 2.13. The SMILES string of the molecule is Cc1ccc(/C=N/NC(=O)C(=O)Nc2ccc(Cl)cc2)o1. The molecule has 0 aliphatic carbocycles. The van der Waals surface area contributed by atoms with Crippen molar-refractivity contribution in [1.82, 2.24) is 5.43 Å². The van der Waals surface area contributed by atoms with E-state index < -0.39 is 11.8 Å². The number of furan rings is 1. The number of carbonyl (C=O) groups excluding carboxylic acids is 2. The van der Waals surface area contributed by atoms with Crippen molar-refractivity contribution in [3.63, 3.8) is 0 Å². The smallest absolute Gasteiger partial charge is 0.329 e. The average Bonchev–Trinajstić information content (AvgIpc) is 2.87. The van der Waals surface area contributed by atoms with Gasteiger partial charge in [-0.2, -0.15) is 5.10 Å². The highest BCUT2D eigenvalue weighted by molar-refractivity contribution is 6.39. The molecule has 108 valence electrons.